The molecule has 26 heavy (non-hydrogen) atoms. The van der Waals surface area contributed by atoms with E-state index < -0.39 is 5.91 Å². The van der Waals surface area contributed by atoms with Gasteiger partial charge in [-0.2, -0.15) is 0 Å². The number of carbonyl (C=O) groups excluding carboxylic acids is 1. The van der Waals surface area contributed by atoms with Gasteiger partial charge < -0.3 is 11.1 Å². The molecule has 0 radical (unpaired) electrons. The van der Waals surface area contributed by atoms with Crippen molar-refractivity contribution in [3.8, 4) is 11.4 Å². The molecule has 1 amide bonds. The van der Waals surface area contributed by atoms with Crippen LogP contribution in [-0.2, 0) is 0 Å². The first-order chi connectivity index (χ1) is 12.7. The highest BCUT2D eigenvalue weighted by molar-refractivity contribution is 5.95. The molecule has 6 nitrogen and oxygen atoms in total. The number of nitrogens with one attached hydrogen (secondary N) is 1. The molecule has 0 saturated heterocycles. The zero-order chi connectivity index (χ0) is 17.9. The van der Waals surface area contributed by atoms with Gasteiger partial charge >= 0.3 is 0 Å². The third kappa shape index (κ3) is 3.08. The second-order valence-electron chi connectivity index (χ2n) is 5.72. The Hall–Kier alpha value is -3.80. The minimum absolute atomic E-state index is 0.433. The van der Waals surface area contributed by atoms with Crippen LogP contribution in [0.2, 0.25) is 0 Å². The Labute approximate surface area is 149 Å². The summed E-state index contributed by atoms with van der Waals surface area (Å²) >= 11 is 0. The van der Waals surface area contributed by atoms with Crippen LogP contribution in [0.5, 0.6) is 0 Å². The molecule has 4 aromatic rings. The van der Waals surface area contributed by atoms with Crippen LogP contribution in [-0.4, -0.2) is 20.9 Å². The van der Waals surface area contributed by atoms with E-state index in [9.17, 15) is 4.79 Å². The van der Waals surface area contributed by atoms with E-state index in [-0.39, 0.29) is 0 Å². The standard InChI is InChI=1S/C20H15N5O/c21-18(26)14-4-3-5-15(12-14)23-20-16-6-1-2-7-17(16)24-19(25-20)13-8-10-22-11-9-13/h1-12H,(H2,21,26)(H,23,24,25). The summed E-state index contributed by atoms with van der Waals surface area (Å²) in [6, 6.07) is 18.5. The molecule has 0 aliphatic heterocycles. The monoisotopic (exact) mass is 341 g/mol. The minimum Gasteiger partial charge on any atom is -0.366 e. The molecular formula is C20H15N5O. The second-order valence-corrected chi connectivity index (χ2v) is 5.72. The maximum Gasteiger partial charge on any atom is 0.248 e. The molecule has 2 aromatic carbocycles. The lowest BCUT2D eigenvalue weighted by molar-refractivity contribution is 0.100. The molecule has 0 fully saturated rings. The number of hydrogen-bond donors (Lipinski definition) is 2. The first kappa shape index (κ1) is 15.7. The number of pyridine rings is 1. The number of nitrogens with two attached hydrogens (primary N) is 1. The highest BCUT2D eigenvalue weighted by atomic mass is 16.1. The van der Waals surface area contributed by atoms with Gasteiger partial charge in [0, 0.05) is 34.6 Å². The number of aromatic nitrogens is 3. The normalized spacial score (nSPS) is 10.6. The molecule has 0 saturated carbocycles. The number of carbonyl (C=O) groups is 1. The molecule has 6 heteroatoms. The van der Waals surface area contributed by atoms with Gasteiger partial charge in [0.1, 0.15) is 5.82 Å². The molecule has 3 N–H and O–H groups in total. The Kier molecular flexibility index (Phi) is 3.99. The van der Waals surface area contributed by atoms with Crippen LogP contribution in [0.15, 0.2) is 73.1 Å². The molecule has 0 aliphatic carbocycles. The van der Waals surface area contributed by atoms with E-state index in [0.29, 0.717) is 17.2 Å². The van der Waals surface area contributed by atoms with Crippen molar-refractivity contribution >= 4 is 28.3 Å². The molecular weight excluding hydrogens is 326 g/mol. The van der Waals surface area contributed by atoms with Gasteiger partial charge in [-0.3, -0.25) is 9.78 Å². The predicted octanol–water partition coefficient (Wildman–Crippen LogP) is 3.53. The van der Waals surface area contributed by atoms with Gasteiger partial charge in [-0.25, -0.2) is 9.97 Å². The van der Waals surface area contributed by atoms with Gasteiger partial charge in [0.05, 0.1) is 5.52 Å². The Morgan fingerprint density at radius 2 is 1.73 bits per heavy atom. The van der Waals surface area contributed by atoms with Crippen molar-refractivity contribution in [2.24, 2.45) is 5.73 Å². The van der Waals surface area contributed by atoms with Gasteiger partial charge in [-0.15, -0.1) is 0 Å². The molecule has 4 rings (SSSR count). The van der Waals surface area contributed by atoms with Gasteiger partial charge in [0.2, 0.25) is 5.91 Å². The van der Waals surface area contributed by atoms with Crippen molar-refractivity contribution in [2.45, 2.75) is 0 Å². The van der Waals surface area contributed by atoms with E-state index in [2.05, 4.69) is 20.3 Å². The van der Waals surface area contributed by atoms with Crippen LogP contribution in [0.25, 0.3) is 22.3 Å². The lowest BCUT2D eigenvalue weighted by Gasteiger charge is -2.11. The quantitative estimate of drug-likeness (QED) is 0.592. The topological polar surface area (TPSA) is 93.8 Å². The van der Waals surface area contributed by atoms with Crippen LogP contribution in [0.3, 0.4) is 0 Å². The number of rotatable bonds is 4. The molecule has 126 valence electrons. The summed E-state index contributed by atoms with van der Waals surface area (Å²) in [6.45, 7) is 0. The minimum atomic E-state index is -0.473. The summed E-state index contributed by atoms with van der Waals surface area (Å²) < 4.78 is 0. The molecule has 0 atom stereocenters. The molecule has 2 aromatic heterocycles. The SMILES string of the molecule is NC(=O)c1cccc(Nc2nc(-c3ccncc3)nc3ccccc23)c1. The largest absolute Gasteiger partial charge is 0.366 e. The highest BCUT2D eigenvalue weighted by Gasteiger charge is 2.10. The van der Waals surface area contributed by atoms with E-state index in [1.54, 1.807) is 30.6 Å². The fraction of sp³-hybridized carbons (Fsp3) is 0. The Balaban J connectivity index is 1.83. The van der Waals surface area contributed by atoms with Crippen molar-refractivity contribution in [1.82, 2.24) is 15.0 Å². The summed E-state index contributed by atoms with van der Waals surface area (Å²) in [4.78, 5) is 24.8. The summed E-state index contributed by atoms with van der Waals surface area (Å²) in [6.07, 6.45) is 3.41. The highest BCUT2D eigenvalue weighted by Crippen LogP contribution is 2.27. The number of benzene rings is 2. The molecule has 2 heterocycles. The smallest absolute Gasteiger partial charge is 0.248 e. The van der Waals surface area contributed by atoms with Crippen LogP contribution in [0.1, 0.15) is 10.4 Å². The zero-order valence-electron chi connectivity index (χ0n) is 13.8. The molecule has 0 spiro atoms. The van der Waals surface area contributed by atoms with E-state index in [1.165, 1.54) is 0 Å². The van der Waals surface area contributed by atoms with Crippen LogP contribution in [0, 0.1) is 0 Å². The van der Waals surface area contributed by atoms with Crippen molar-refractivity contribution in [2.75, 3.05) is 5.32 Å². The van der Waals surface area contributed by atoms with Crippen LogP contribution in [0.4, 0.5) is 11.5 Å². The first-order valence-corrected chi connectivity index (χ1v) is 8.05. The maximum absolute atomic E-state index is 11.4. The van der Waals surface area contributed by atoms with Gasteiger partial charge in [0.15, 0.2) is 5.82 Å². The fourth-order valence-corrected chi connectivity index (χ4v) is 2.69. The van der Waals surface area contributed by atoms with Crippen molar-refractivity contribution in [3.05, 3.63) is 78.6 Å². The molecule has 0 bridgehead atoms. The molecule has 0 aliphatic rings. The third-order valence-electron chi connectivity index (χ3n) is 3.95. The van der Waals surface area contributed by atoms with Crippen LogP contribution >= 0.6 is 0 Å². The number of hydrogen-bond acceptors (Lipinski definition) is 5. The van der Waals surface area contributed by atoms with E-state index in [0.717, 1.165) is 22.2 Å². The van der Waals surface area contributed by atoms with Crippen molar-refractivity contribution in [1.29, 1.82) is 0 Å². The number of amides is 1. The number of nitrogens with zero attached hydrogens (tertiary/aromatic N) is 3. The lowest BCUT2D eigenvalue weighted by Crippen LogP contribution is -2.11. The Morgan fingerprint density at radius 1 is 0.923 bits per heavy atom. The number of anilines is 2. The van der Waals surface area contributed by atoms with Crippen molar-refractivity contribution < 1.29 is 4.79 Å². The first-order valence-electron chi connectivity index (χ1n) is 8.05. The second kappa shape index (κ2) is 6.60. The van der Waals surface area contributed by atoms with E-state index >= 15 is 0 Å². The molecule has 0 unspecified atom stereocenters. The van der Waals surface area contributed by atoms with Gasteiger partial charge in [0.25, 0.3) is 0 Å². The summed E-state index contributed by atoms with van der Waals surface area (Å²) in [5.74, 6) is 0.780. The predicted molar refractivity (Wildman–Crippen MR) is 101 cm³/mol. The van der Waals surface area contributed by atoms with E-state index in [1.807, 2.05) is 42.5 Å². The van der Waals surface area contributed by atoms with Gasteiger partial charge in [-0.1, -0.05) is 18.2 Å². The number of primary amides is 1. The fourth-order valence-electron chi connectivity index (χ4n) is 2.69. The number of para-hydroxylation sites is 1. The summed E-state index contributed by atoms with van der Waals surface area (Å²) in [5, 5.41) is 4.16. The summed E-state index contributed by atoms with van der Waals surface area (Å²) in [5.41, 5.74) is 8.23. The average Bonchev–Trinajstić information content (AvgIpc) is 2.69. The third-order valence-corrected chi connectivity index (χ3v) is 3.95. The zero-order valence-corrected chi connectivity index (χ0v) is 13.8. The Bertz CT molecular complexity index is 1100. The van der Waals surface area contributed by atoms with Gasteiger partial charge in [-0.05, 0) is 42.5 Å². The maximum atomic E-state index is 11.4. The number of fused-ring (bicyclic) bond motifs is 1. The average molecular weight is 341 g/mol. The van der Waals surface area contributed by atoms with Crippen LogP contribution < -0.4 is 11.1 Å². The Morgan fingerprint density at radius 3 is 2.54 bits per heavy atom. The van der Waals surface area contributed by atoms with Crippen molar-refractivity contribution in [3.63, 3.8) is 0 Å². The summed E-state index contributed by atoms with van der Waals surface area (Å²) in [7, 11) is 0. The lowest BCUT2D eigenvalue weighted by atomic mass is 10.1. The van der Waals surface area contributed by atoms with E-state index in [4.69, 9.17) is 5.73 Å².